The molecule has 2 nitrogen and oxygen atoms in total. The molecule has 0 saturated heterocycles. The summed E-state index contributed by atoms with van der Waals surface area (Å²) in [7, 11) is 0. The predicted octanol–water partition coefficient (Wildman–Crippen LogP) is 15.6. The topological polar surface area (TPSA) is 16.4 Å². The van der Waals surface area contributed by atoms with Crippen LogP contribution in [0.5, 0.6) is 0 Å². The molecule has 0 saturated carbocycles. The van der Waals surface area contributed by atoms with Gasteiger partial charge < -0.3 is 9.32 Å². The Hall–Kier alpha value is -6.94. The summed E-state index contributed by atoms with van der Waals surface area (Å²) in [6.45, 7) is 0. The van der Waals surface area contributed by atoms with Gasteiger partial charge in [-0.3, -0.25) is 0 Å². The number of benzene rings is 9. The number of fused-ring (bicyclic) bond motifs is 7. The van der Waals surface area contributed by atoms with Crippen LogP contribution in [0.4, 0.5) is 17.1 Å². The van der Waals surface area contributed by atoms with Gasteiger partial charge in [-0.2, -0.15) is 0 Å². The second-order valence-electron chi connectivity index (χ2n) is 14.1. The van der Waals surface area contributed by atoms with E-state index in [0.717, 1.165) is 50.1 Å². The second-order valence-corrected chi connectivity index (χ2v) is 15.2. The Morgan fingerprint density at radius 2 is 0.982 bits per heavy atom. The Balaban J connectivity index is 1.07. The van der Waals surface area contributed by atoms with Crippen LogP contribution >= 0.6 is 11.3 Å². The summed E-state index contributed by atoms with van der Waals surface area (Å²) in [6, 6.07) is 72.3. The minimum absolute atomic E-state index is 0.887. The van der Waals surface area contributed by atoms with E-state index in [1.807, 2.05) is 23.5 Å². The summed E-state index contributed by atoms with van der Waals surface area (Å²) in [5.41, 5.74) is 12.1. The zero-order valence-electron chi connectivity index (χ0n) is 29.8. The molecule has 0 aliphatic carbocycles. The fraction of sp³-hybridized carbons (Fsp3) is 0. The molecule has 2 heterocycles. The summed E-state index contributed by atoms with van der Waals surface area (Å²) >= 11 is 1.86. The molecule has 9 aromatic carbocycles. The van der Waals surface area contributed by atoms with E-state index in [9.17, 15) is 0 Å². The monoisotopic (exact) mass is 719 g/mol. The van der Waals surface area contributed by atoms with E-state index in [0.29, 0.717) is 0 Å². The fourth-order valence-corrected chi connectivity index (χ4v) is 9.38. The smallest absolute Gasteiger partial charge is 0.136 e. The molecule has 0 bridgehead atoms. The molecule has 0 radical (unpaired) electrons. The normalized spacial score (nSPS) is 11.6. The van der Waals surface area contributed by atoms with Gasteiger partial charge in [-0.25, -0.2) is 0 Å². The largest absolute Gasteiger partial charge is 0.456 e. The van der Waals surface area contributed by atoms with Crippen molar-refractivity contribution in [3.05, 3.63) is 200 Å². The highest BCUT2D eigenvalue weighted by Crippen LogP contribution is 2.44. The Morgan fingerprint density at radius 1 is 0.345 bits per heavy atom. The van der Waals surface area contributed by atoms with Gasteiger partial charge >= 0.3 is 0 Å². The standard InChI is InChI=1S/C52H33NOS/c1-2-15-41-34(11-1)12-10-19-42(41)35-23-27-39(28-24-35)53(40-14-9-13-36(31-40)37-25-30-47-46-18-5-8-22-51(46)55-52(47)33-37)48-20-6-3-16-43(48)38-26-29-45-44-17-4-7-21-49(44)54-50(45)32-38/h1-33H. The molecule has 2 aromatic heterocycles. The van der Waals surface area contributed by atoms with Crippen molar-refractivity contribution in [3.8, 4) is 33.4 Å². The molecule has 0 fully saturated rings. The zero-order chi connectivity index (χ0) is 36.3. The van der Waals surface area contributed by atoms with Crippen LogP contribution in [0.1, 0.15) is 0 Å². The van der Waals surface area contributed by atoms with Gasteiger partial charge in [0.1, 0.15) is 11.2 Å². The number of thiophene rings is 1. The van der Waals surface area contributed by atoms with Crippen LogP contribution < -0.4 is 4.90 Å². The first-order valence-electron chi connectivity index (χ1n) is 18.7. The lowest BCUT2D eigenvalue weighted by atomic mass is 9.97. The summed E-state index contributed by atoms with van der Waals surface area (Å²) in [6.07, 6.45) is 0. The number of anilines is 3. The Bertz CT molecular complexity index is 3220. The van der Waals surface area contributed by atoms with Crippen LogP contribution in [0.15, 0.2) is 205 Å². The van der Waals surface area contributed by atoms with Gasteiger partial charge in [-0.05, 0) is 99.3 Å². The van der Waals surface area contributed by atoms with Crippen molar-refractivity contribution in [2.24, 2.45) is 0 Å². The number of furan rings is 1. The number of hydrogen-bond donors (Lipinski definition) is 0. The summed E-state index contributed by atoms with van der Waals surface area (Å²) in [5, 5.41) is 7.38. The maximum absolute atomic E-state index is 6.37. The van der Waals surface area contributed by atoms with Crippen LogP contribution in [-0.4, -0.2) is 0 Å². The summed E-state index contributed by atoms with van der Waals surface area (Å²) in [4.78, 5) is 2.40. The molecule has 0 N–H and O–H groups in total. The molecule has 3 heteroatoms. The van der Waals surface area contributed by atoms with Gasteiger partial charge in [0.15, 0.2) is 0 Å². The molecule has 11 aromatic rings. The number of hydrogen-bond acceptors (Lipinski definition) is 3. The van der Waals surface area contributed by atoms with Crippen molar-refractivity contribution in [1.29, 1.82) is 0 Å². The fourth-order valence-electron chi connectivity index (χ4n) is 8.23. The van der Waals surface area contributed by atoms with Crippen molar-refractivity contribution >= 4 is 81.3 Å². The molecule has 55 heavy (non-hydrogen) atoms. The van der Waals surface area contributed by atoms with E-state index in [1.165, 1.54) is 53.2 Å². The van der Waals surface area contributed by atoms with Gasteiger partial charge in [0.25, 0.3) is 0 Å². The highest BCUT2D eigenvalue weighted by atomic mass is 32.1. The lowest BCUT2D eigenvalue weighted by molar-refractivity contribution is 0.669. The second kappa shape index (κ2) is 12.9. The van der Waals surface area contributed by atoms with Gasteiger partial charge in [0.05, 0.1) is 5.69 Å². The maximum Gasteiger partial charge on any atom is 0.136 e. The van der Waals surface area contributed by atoms with Gasteiger partial charge in [-0.15, -0.1) is 11.3 Å². The van der Waals surface area contributed by atoms with Gasteiger partial charge in [0.2, 0.25) is 0 Å². The molecular formula is C52H33NOS. The maximum atomic E-state index is 6.37. The van der Waals surface area contributed by atoms with E-state index in [4.69, 9.17) is 4.42 Å². The first-order chi connectivity index (χ1) is 27.2. The third kappa shape index (κ3) is 5.40. The lowest BCUT2D eigenvalue weighted by Crippen LogP contribution is -2.11. The van der Waals surface area contributed by atoms with Crippen LogP contribution in [0, 0.1) is 0 Å². The van der Waals surface area contributed by atoms with Gasteiger partial charge in [-0.1, -0.05) is 140 Å². The highest BCUT2D eigenvalue weighted by molar-refractivity contribution is 7.25. The van der Waals surface area contributed by atoms with Crippen molar-refractivity contribution in [1.82, 2.24) is 0 Å². The van der Waals surface area contributed by atoms with Crippen molar-refractivity contribution in [2.75, 3.05) is 4.90 Å². The van der Waals surface area contributed by atoms with Crippen LogP contribution in [0.3, 0.4) is 0 Å². The minimum atomic E-state index is 0.887. The van der Waals surface area contributed by atoms with Gasteiger partial charge in [0, 0.05) is 47.9 Å². The van der Waals surface area contributed by atoms with Crippen LogP contribution in [0.25, 0.3) is 86.3 Å². The molecule has 0 atom stereocenters. The molecule has 11 rings (SSSR count). The first kappa shape index (κ1) is 31.6. The van der Waals surface area contributed by atoms with E-state index in [-0.39, 0.29) is 0 Å². The Labute approximate surface area is 322 Å². The third-order valence-corrected chi connectivity index (χ3v) is 12.0. The zero-order valence-corrected chi connectivity index (χ0v) is 30.6. The Morgan fingerprint density at radius 3 is 1.91 bits per heavy atom. The Kier molecular flexibility index (Phi) is 7.39. The average Bonchev–Trinajstić information content (AvgIpc) is 3.82. The quantitative estimate of drug-likeness (QED) is 0.170. The van der Waals surface area contributed by atoms with E-state index in [1.54, 1.807) is 0 Å². The first-order valence-corrected chi connectivity index (χ1v) is 19.5. The number of para-hydroxylation sites is 2. The lowest BCUT2D eigenvalue weighted by Gasteiger charge is -2.28. The highest BCUT2D eigenvalue weighted by Gasteiger charge is 2.19. The SMILES string of the molecule is c1cc(-c2ccc3c(c2)sc2ccccc23)cc(N(c2ccc(-c3cccc4ccccc34)cc2)c2ccccc2-c2ccc3c(c2)oc2ccccc23)c1. The summed E-state index contributed by atoms with van der Waals surface area (Å²) < 4.78 is 8.99. The van der Waals surface area contributed by atoms with E-state index >= 15 is 0 Å². The molecule has 0 unspecified atom stereocenters. The van der Waals surface area contributed by atoms with Crippen molar-refractivity contribution in [2.45, 2.75) is 0 Å². The number of nitrogens with zero attached hydrogens (tertiary/aromatic N) is 1. The van der Waals surface area contributed by atoms with Crippen molar-refractivity contribution in [3.63, 3.8) is 0 Å². The van der Waals surface area contributed by atoms with Crippen molar-refractivity contribution < 1.29 is 4.42 Å². The number of rotatable bonds is 6. The van der Waals surface area contributed by atoms with Crippen LogP contribution in [-0.2, 0) is 0 Å². The van der Waals surface area contributed by atoms with E-state index < -0.39 is 0 Å². The third-order valence-electron chi connectivity index (χ3n) is 10.9. The molecule has 258 valence electrons. The minimum Gasteiger partial charge on any atom is -0.456 e. The molecule has 0 spiro atoms. The summed E-state index contributed by atoms with van der Waals surface area (Å²) in [5.74, 6) is 0. The molecule has 0 aliphatic heterocycles. The van der Waals surface area contributed by atoms with E-state index in [2.05, 4.69) is 193 Å². The van der Waals surface area contributed by atoms with Crippen LogP contribution in [0.2, 0.25) is 0 Å². The predicted molar refractivity (Wildman–Crippen MR) is 235 cm³/mol. The molecule has 0 aliphatic rings. The average molecular weight is 720 g/mol. The molecule has 0 amide bonds. The molecular weight excluding hydrogens is 687 g/mol.